The molecule has 31 heavy (non-hydrogen) atoms. The van der Waals surface area contributed by atoms with Gasteiger partial charge in [0.1, 0.15) is 23.2 Å². The molecule has 5 rings (SSSR count). The summed E-state index contributed by atoms with van der Waals surface area (Å²) >= 11 is 0. The van der Waals surface area contributed by atoms with Crippen LogP contribution in [0.5, 0.6) is 5.75 Å². The number of benzene rings is 2. The lowest BCUT2D eigenvalue weighted by molar-refractivity contribution is -0.116. The number of nitrogens with zero attached hydrogens (tertiary/aromatic N) is 2. The van der Waals surface area contributed by atoms with Crippen LogP contribution in [0.15, 0.2) is 66.0 Å². The summed E-state index contributed by atoms with van der Waals surface area (Å²) in [4.78, 5) is 25.9. The van der Waals surface area contributed by atoms with Crippen molar-refractivity contribution in [3.05, 3.63) is 82.7 Å². The first-order valence-electron chi connectivity index (χ1n) is 10.3. The molecule has 1 atom stereocenters. The van der Waals surface area contributed by atoms with E-state index >= 15 is 0 Å². The largest absolute Gasteiger partial charge is 0.508 e. The SMILES string of the molecule is Cc1ccc(NC(=O)c2cnn3c2NC2=C(C(=O)CCC2)C3c2ccc(O)cc2)cc1. The number of aromatic hydroxyl groups is 1. The molecule has 0 spiro atoms. The van der Waals surface area contributed by atoms with E-state index in [2.05, 4.69) is 15.7 Å². The molecule has 0 saturated heterocycles. The Kier molecular flexibility index (Phi) is 4.58. The number of rotatable bonds is 3. The Bertz CT molecular complexity index is 1210. The van der Waals surface area contributed by atoms with E-state index in [4.69, 9.17) is 0 Å². The average Bonchev–Trinajstić information content (AvgIpc) is 3.18. The predicted molar refractivity (Wildman–Crippen MR) is 117 cm³/mol. The van der Waals surface area contributed by atoms with Gasteiger partial charge in [0.25, 0.3) is 5.91 Å². The Morgan fingerprint density at radius 1 is 1.13 bits per heavy atom. The van der Waals surface area contributed by atoms with Crippen molar-refractivity contribution in [3.8, 4) is 5.75 Å². The fourth-order valence-corrected chi connectivity index (χ4v) is 4.22. The monoisotopic (exact) mass is 414 g/mol. The number of fused-ring (bicyclic) bond motifs is 1. The fourth-order valence-electron chi connectivity index (χ4n) is 4.22. The molecule has 2 heterocycles. The topological polar surface area (TPSA) is 96.3 Å². The first-order chi connectivity index (χ1) is 15.0. The lowest BCUT2D eigenvalue weighted by Crippen LogP contribution is -2.32. The highest BCUT2D eigenvalue weighted by molar-refractivity contribution is 6.08. The maximum Gasteiger partial charge on any atom is 0.261 e. The van der Waals surface area contributed by atoms with Crippen LogP contribution in [0.1, 0.15) is 46.8 Å². The predicted octanol–water partition coefficient (Wildman–Crippen LogP) is 4.17. The minimum atomic E-state index is -0.444. The Morgan fingerprint density at radius 3 is 2.61 bits per heavy atom. The third-order valence-electron chi connectivity index (χ3n) is 5.80. The van der Waals surface area contributed by atoms with Crippen LogP contribution in [-0.4, -0.2) is 26.6 Å². The van der Waals surface area contributed by atoms with Crippen LogP contribution >= 0.6 is 0 Å². The zero-order valence-electron chi connectivity index (χ0n) is 17.1. The number of allylic oxidation sites excluding steroid dienone is 2. The van der Waals surface area contributed by atoms with Gasteiger partial charge in [-0.05, 0) is 49.6 Å². The normalized spacial score (nSPS) is 17.6. The van der Waals surface area contributed by atoms with Crippen LogP contribution in [0.3, 0.4) is 0 Å². The molecule has 1 aliphatic carbocycles. The second kappa shape index (κ2) is 7.43. The number of amides is 1. The number of hydrogen-bond acceptors (Lipinski definition) is 5. The number of nitrogens with one attached hydrogen (secondary N) is 2. The summed E-state index contributed by atoms with van der Waals surface area (Å²) in [5.41, 5.74) is 4.57. The summed E-state index contributed by atoms with van der Waals surface area (Å²) in [5, 5.41) is 20.4. The standard InChI is InChI=1S/C24H22N4O3/c1-14-5-9-16(10-6-14)26-24(31)18-13-25-28-22(15-7-11-17(29)12-8-15)21-19(27-23(18)28)3-2-4-20(21)30/h5-13,22,27,29H,2-4H2,1H3,(H,26,31). The maximum atomic E-state index is 13.0. The third kappa shape index (κ3) is 3.38. The Balaban J connectivity index is 1.56. The van der Waals surface area contributed by atoms with Crippen LogP contribution in [0.4, 0.5) is 11.5 Å². The molecule has 2 aliphatic rings. The molecular weight excluding hydrogens is 392 g/mol. The molecule has 1 amide bonds. The summed E-state index contributed by atoms with van der Waals surface area (Å²) in [6, 6.07) is 13.9. The molecule has 2 aromatic carbocycles. The van der Waals surface area contributed by atoms with Crippen LogP contribution in [-0.2, 0) is 4.79 Å². The van der Waals surface area contributed by atoms with Gasteiger partial charge in [0, 0.05) is 23.4 Å². The average molecular weight is 414 g/mol. The van der Waals surface area contributed by atoms with Crippen LogP contribution < -0.4 is 10.6 Å². The van der Waals surface area contributed by atoms with Gasteiger partial charge in [-0.15, -0.1) is 0 Å². The lowest BCUT2D eigenvalue weighted by atomic mass is 9.85. The quantitative estimate of drug-likeness (QED) is 0.598. The summed E-state index contributed by atoms with van der Waals surface area (Å²) in [6.45, 7) is 1.99. The number of aryl methyl sites for hydroxylation is 1. The highest BCUT2D eigenvalue weighted by atomic mass is 16.3. The van der Waals surface area contributed by atoms with Crippen molar-refractivity contribution in [1.82, 2.24) is 9.78 Å². The smallest absolute Gasteiger partial charge is 0.261 e. The zero-order chi connectivity index (χ0) is 21.5. The number of ketones is 1. The van der Waals surface area contributed by atoms with Gasteiger partial charge in [0.2, 0.25) is 0 Å². The summed E-state index contributed by atoms with van der Waals surface area (Å²) in [7, 11) is 0. The molecule has 0 saturated carbocycles. The first-order valence-corrected chi connectivity index (χ1v) is 10.3. The van der Waals surface area contributed by atoms with E-state index < -0.39 is 6.04 Å². The van der Waals surface area contributed by atoms with E-state index in [1.807, 2.05) is 31.2 Å². The number of Topliss-reactive ketones (excluding diaryl/α,β-unsaturated/α-hetero) is 1. The molecule has 0 bridgehead atoms. The van der Waals surface area contributed by atoms with Crippen molar-refractivity contribution < 1.29 is 14.7 Å². The van der Waals surface area contributed by atoms with Gasteiger partial charge < -0.3 is 15.7 Å². The van der Waals surface area contributed by atoms with Gasteiger partial charge in [0.05, 0.1) is 6.20 Å². The number of phenolic OH excluding ortho intramolecular Hbond substituents is 1. The van der Waals surface area contributed by atoms with Crippen molar-refractivity contribution in [2.45, 2.75) is 32.2 Å². The zero-order valence-corrected chi connectivity index (χ0v) is 17.1. The van der Waals surface area contributed by atoms with Crippen molar-refractivity contribution in [2.24, 2.45) is 0 Å². The number of aromatic nitrogens is 2. The van der Waals surface area contributed by atoms with E-state index in [1.165, 1.54) is 6.20 Å². The minimum absolute atomic E-state index is 0.0821. The number of hydrogen-bond donors (Lipinski definition) is 3. The second-order valence-electron chi connectivity index (χ2n) is 7.96. The maximum absolute atomic E-state index is 13.0. The highest BCUT2D eigenvalue weighted by Crippen LogP contribution is 2.41. The van der Waals surface area contributed by atoms with Crippen LogP contribution in [0, 0.1) is 6.92 Å². The Labute approximate surface area is 179 Å². The number of anilines is 2. The molecule has 3 aromatic rings. The molecule has 3 N–H and O–H groups in total. The second-order valence-corrected chi connectivity index (χ2v) is 7.96. The van der Waals surface area contributed by atoms with Crippen LogP contribution in [0.25, 0.3) is 0 Å². The third-order valence-corrected chi connectivity index (χ3v) is 5.80. The van der Waals surface area contributed by atoms with Crippen LogP contribution in [0.2, 0.25) is 0 Å². The van der Waals surface area contributed by atoms with E-state index in [0.29, 0.717) is 29.1 Å². The molecule has 1 unspecified atom stereocenters. The number of carbonyl (C=O) groups is 2. The van der Waals surface area contributed by atoms with Crippen molar-refractivity contribution >= 4 is 23.2 Å². The van der Waals surface area contributed by atoms with Gasteiger partial charge in [-0.2, -0.15) is 5.10 Å². The fraction of sp³-hybridized carbons (Fsp3) is 0.208. The van der Waals surface area contributed by atoms with E-state index in [0.717, 1.165) is 29.7 Å². The molecule has 1 aliphatic heterocycles. The molecule has 0 radical (unpaired) electrons. The molecule has 7 heteroatoms. The molecule has 1 aromatic heterocycles. The van der Waals surface area contributed by atoms with Gasteiger partial charge >= 0.3 is 0 Å². The van der Waals surface area contributed by atoms with E-state index in [9.17, 15) is 14.7 Å². The van der Waals surface area contributed by atoms with Gasteiger partial charge in [-0.3, -0.25) is 9.59 Å². The number of carbonyl (C=O) groups excluding carboxylic acids is 2. The van der Waals surface area contributed by atoms with Gasteiger partial charge in [-0.1, -0.05) is 29.8 Å². The molecule has 156 valence electrons. The van der Waals surface area contributed by atoms with Crippen molar-refractivity contribution in [2.75, 3.05) is 10.6 Å². The molecule has 7 nitrogen and oxygen atoms in total. The van der Waals surface area contributed by atoms with E-state index in [1.54, 1.807) is 28.9 Å². The Morgan fingerprint density at radius 2 is 1.87 bits per heavy atom. The van der Waals surface area contributed by atoms with Crippen molar-refractivity contribution in [3.63, 3.8) is 0 Å². The Hall–Kier alpha value is -3.87. The lowest BCUT2D eigenvalue weighted by Gasteiger charge is -2.33. The minimum Gasteiger partial charge on any atom is -0.508 e. The highest BCUT2D eigenvalue weighted by Gasteiger charge is 2.37. The molecular formula is C24H22N4O3. The summed E-state index contributed by atoms with van der Waals surface area (Å²) in [6.07, 6.45) is 3.53. The van der Waals surface area contributed by atoms with Crippen molar-refractivity contribution in [1.29, 1.82) is 0 Å². The molecule has 0 fully saturated rings. The van der Waals surface area contributed by atoms with Gasteiger partial charge in [-0.25, -0.2) is 4.68 Å². The first kappa shape index (κ1) is 19.1. The number of phenols is 1. The van der Waals surface area contributed by atoms with E-state index in [-0.39, 0.29) is 17.4 Å². The summed E-state index contributed by atoms with van der Waals surface area (Å²) < 4.78 is 1.69. The van der Waals surface area contributed by atoms with Gasteiger partial charge in [0.15, 0.2) is 5.78 Å². The summed E-state index contributed by atoms with van der Waals surface area (Å²) in [5.74, 6) is 0.531.